The summed E-state index contributed by atoms with van der Waals surface area (Å²) in [5, 5.41) is 8.88. The van der Waals surface area contributed by atoms with E-state index < -0.39 is 9.84 Å². The molecule has 1 aliphatic rings. The molecule has 2 aromatic carbocycles. The summed E-state index contributed by atoms with van der Waals surface area (Å²) < 4.78 is 25.0. The van der Waals surface area contributed by atoms with Gasteiger partial charge in [-0.2, -0.15) is 5.26 Å². The molecule has 1 heterocycles. The zero-order valence-corrected chi connectivity index (χ0v) is 14.2. The summed E-state index contributed by atoms with van der Waals surface area (Å²) in [5.41, 5.74) is 2.92. The first-order valence-corrected chi connectivity index (χ1v) is 9.87. The Balaban J connectivity index is 1.70. The molecule has 0 aliphatic carbocycles. The first-order valence-electron chi connectivity index (χ1n) is 8.05. The number of nitrogens with zero attached hydrogens (tertiary/aromatic N) is 2. The van der Waals surface area contributed by atoms with Gasteiger partial charge in [0.2, 0.25) is 0 Å². The van der Waals surface area contributed by atoms with Crippen molar-refractivity contribution in [3.8, 4) is 17.3 Å². The molecule has 5 heteroatoms. The van der Waals surface area contributed by atoms with E-state index in [1.165, 1.54) is 0 Å². The number of hydrogen-bond donors (Lipinski definition) is 0. The van der Waals surface area contributed by atoms with Crippen molar-refractivity contribution in [3.05, 3.63) is 60.2 Å². The second kappa shape index (κ2) is 7.06. The van der Waals surface area contributed by atoms with Gasteiger partial charge in [0.1, 0.15) is 0 Å². The standard InChI is InChI=1S/C19H20N2O2S/c20-15-21-10-9-17(12-21)14-24(22,23)13-16-5-4-8-19(11-16)18-6-2-1-3-7-18/h1-8,11,17H,9-10,12-14H2. The molecule has 1 atom stereocenters. The highest BCUT2D eigenvalue weighted by Crippen LogP contribution is 2.23. The molecule has 1 fully saturated rings. The average molecular weight is 340 g/mol. The van der Waals surface area contributed by atoms with E-state index in [2.05, 4.69) is 6.19 Å². The van der Waals surface area contributed by atoms with Gasteiger partial charge in [0.25, 0.3) is 0 Å². The molecular weight excluding hydrogens is 320 g/mol. The lowest BCUT2D eigenvalue weighted by molar-refractivity contribution is 0.464. The molecule has 24 heavy (non-hydrogen) atoms. The molecule has 1 aliphatic heterocycles. The smallest absolute Gasteiger partial charge is 0.179 e. The number of benzene rings is 2. The van der Waals surface area contributed by atoms with Crippen molar-refractivity contribution in [2.24, 2.45) is 5.92 Å². The zero-order valence-electron chi connectivity index (χ0n) is 13.4. The summed E-state index contributed by atoms with van der Waals surface area (Å²) in [7, 11) is -3.18. The van der Waals surface area contributed by atoms with Gasteiger partial charge in [0.05, 0.1) is 11.5 Å². The van der Waals surface area contributed by atoms with E-state index in [0.29, 0.717) is 13.1 Å². The highest BCUT2D eigenvalue weighted by Gasteiger charge is 2.26. The van der Waals surface area contributed by atoms with Crippen LogP contribution in [0.5, 0.6) is 0 Å². The monoisotopic (exact) mass is 340 g/mol. The molecule has 0 spiro atoms. The maximum Gasteiger partial charge on any atom is 0.179 e. The first kappa shape index (κ1) is 16.5. The molecule has 0 amide bonds. The van der Waals surface area contributed by atoms with Crippen LogP contribution in [0.3, 0.4) is 0 Å². The lowest BCUT2D eigenvalue weighted by Gasteiger charge is -2.11. The third kappa shape index (κ3) is 4.15. The average Bonchev–Trinajstić information content (AvgIpc) is 3.02. The third-order valence-corrected chi connectivity index (χ3v) is 6.09. The molecule has 1 saturated heterocycles. The lowest BCUT2D eigenvalue weighted by Crippen LogP contribution is -2.21. The van der Waals surface area contributed by atoms with Gasteiger partial charge in [-0.1, -0.05) is 54.6 Å². The van der Waals surface area contributed by atoms with Crippen LogP contribution in [0.2, 0.25) is 0 Å². The normalized spacial score (nSPS) is 17.6. The minimum atomic E-state index is -3.18. The Morgan fingerprint density at radius 1 is 1.08 bits per heavy atom. The highest BCUT2D eigenvalue weighted by atomic mass is 32.2. The molecule has 124 valence electrons. The van der Waals surface area contributed by atoms with Gasteiger partial charge in [-0.15, -0.1) is 0 Å². The van der Waals surface area contributed by atoms with Crippen molar-refractivity contribution >= 4 is 9.84 Å². The van der Waals surface area contributed by atoms with Gasteiger partial charge >= 0.3 is 0 Å². The Labute approximate surface area is 143 Å². The fourth-order valence-corrected chi connectivity index (χ4v) is 5.00. The molecule has 3 rings (SSSR count). The number of hydrogen-bond acceptors (Lipinski definition) is 4. The van der Waals surface area contributed by atoms with E-state index in [1.54, 1.807) is 4.90 Å². The molecule has 2 aromatic rings. The third-order valence-electron chi connectivity index (χ3n) is 4.34. The molecule has 0 radical (unpaired) electrons. The Morgan fingerprint density at radius 3 is 2.54 bits per heavy atom. The quantitative estimate of drug-likeness (QED) is 0.785. The molecule has 0 saturated carbocycles. The van der Waals surface area contributed by atoms with Crippen molar-refractivity contribution in [1.29, 1.82) is 5.26 Å². The second-order valence-corrected chi connectivity index (χ2v) is 8.43. The Hall–Kier alpha value is -2.32. The number of rotatable bonds is 5. The fraction of sp³-hybridized carbons (Fsp3) is 0.316. The SMILES string of the molecule is N#CN1CCC(CS(=O)(=O)Cc2cccc(-c3ccccc3)c2)C1. The van der Waals surface area contributed by atoms with Crippen molar-refractivity contribution in [2.75, 3.05) is 18.8 Å². The molecular formula is C19H20N2O2S. The predicted molar refractivity (Wildman–Crippen MR) is 94.7 cm³/mol. The Morgan fingerprint density at radius 2 is 1.83 bits per heavy atom. The molecule has 0 aromatic heterocycles. The zero-order chi connectivity index (χ0) is 17.0. The molecule has 1 unspecified atom stereocenters. The van der Waals surface area contributed by atoms with Crippen molar-refractivity contribution in [3.63, 3.8) is 0 Å². The minimum Gasteiger partial charge on any atom is -0.310 e. The molecule has 0 bridgehead atoms. The largest absolute Gasteiger partial charge is 0.310 e. The van der Waals surface area contributed by atoms with E-state index in [0.717, 1.165) is 23.1 Å². The maximum atomic E-state index is 12.5. The minimum absolute atomic E-state index is 0.0523. The summed E-state index contributed by atoms with van der Waals surface area (Å²) in [4.78, 5) is 1.64. The van der Waals surface area contributed by atoms with Crippen molar-refractivity contribution in [1.82, 2.24) is 4.90 Å². The van der Waals surface area contributed by atoms with Gasteiger partial charge < -0.3 is 4.90 Å². The van der Waals surface area contributed by atoms with Crippen LogP contribution in [-0.2, 0) is 15.6 Å². The summed E-state index contributed by atoms with van der Waals surface area (Å²) in [6.07, 6.45) is 2.87. The number of likely N-dealkylation sites (tertiary alicyclic amines) is 1. The van der Waals surface area contributed by atoms with E-state index in [9.17, 15) is 8.42 Å². The van der Waals surface area contributed by atoms with Crippen LogP contribution in [0.25, 0.3) is 11.1 Å². The van der Waals surface area contributed by atoms with Gasteiger partial charge in [-0.3, -0.25) is 0 Å². The topological polar surface area (TPSA) is 61.2 Å². The second-order valence-electron chi connectivity index (χ2n) is 6.32. The van der Waals surface area contributed by atoms with E-state index in [1.807, 2.05) is 54.6 Å². The van der Waals surface area contributed by atoms with Crippen LogP contribution in [0.1, 0.15) is 12.0 Å². The molecule has 4 nitrogen and oxygen atoms in total. The summed E-state index contributed by atoms with van der Waals surface area (Å²) in [5.74, 6) is 0.268. The van der Waals surface area contributed by atoms with E-state index >= 15 is 0 Å². The summed E-state index contributed by atoms with van der Waals surface area (Å²) in [6.45, 7) is 1.22. The van der Waals surface area contributed by atoms with Gasteiger partial charge in [-0.05, 0) is 29.0 Å². The maximum absolute atomic E-state index is 12.5. The Kier molecular flexibility index (Phi) is 4.86. The van der Waals surface area contributed by atoms with Gasteiger partial charge in [-0.25, -0.2) is 8.42 Å². The number of nitriles is 1. The number of sulfone groups is 1. The van der Waals surface area contributed by atoms with Gasteiger partial charge in [0, 0.05) is 13.1 Å². The van der Waals surface area contributed by atoms with Crippen LogP contribution >= 0.6 is 0 Å². The molecule has 0 N–H and O–H groups in total. The van der Waals surface area contributed by atoms with Crippen LogP contribution in [0.4, 0.5) is 0 Å². The lowest BCUT2D eigenvalue weighted by atomic mass is 10.0. The van der Waals surface area contributed by atoms with Crippen molar-refractivity contribution in [2.45, 2.75) is 12.2 Å². The van der Waals surface area contributed by atoms with Crippen molar-refractivity contribution < 1.29 is 8.42 Å². The predicted octanol–water partition coefficient (Wildman–Crippen LogP) is 3.07. The summed E-state index contributed by atoms with van der Waals surface area (Å²) >= 11 is 0. The highest BCUT2D eigenvalue weighted by molar-refractivity contribution is 7.90. The van der Waals surface area contributed by atoms with Gasteiger partial charge in [0.15, 0.2) is 16.0 Å². The summed E-state index contributed by atoms with van der Waals surface area (Å²) in [6, 6.07) is 17.6. The van der Waals surface area contributed by atoms with Crippen LogP contribution in [-0.4, -0.2) is 32.2 Å². The first-order chi connectivity index (χ1) is 11.6. The Bertz CT molecular complexity index is 841. The van der Waals surface area contributed by atoms with E-state index in [-0.39, 0.29) is 17.4 Å². The van der Waals surface area contributed by atoms with Crippen LogP contribution in [0.15, 0.2) is 54.6 Å². The fourth-order valence-electron chi connectivity index (χ4n) is 3.20. The van der Waals surface area contributed by atoms with E-state index in [4.69, 9.17) is 5.26 Å². The van der Waals surface area contributed by atoms with Crippen LogP contribution < -0.4 is 0 Å². The van der Waals surface area contributed by atoms with Crippen LogP contribution in [0, 0.1) is 17.4 Å².